The van der Waals surface area contributed by atoms with Crippen LogP contribution in [0.15, 0.2) is 66.9 Å². The molecular formula is C31H35FN4O4. The number of aromatic nitrogens is 1. The third-order valence-corrected chi connectivity index (χ3v) is 7.58. The molecule has 210 valence electrons. The van der Waals surface area contributed by atoms with E-state index in [4.69, 9.17) is 9.47 Å². The van der Waals surface area contributed by atoms with Crippen molar-refractivity contribution < 1.29 is 23.5 Å². The average molecular weight is 547 g/mol. The Morgan fingerprint density at radius 2 is 1.57 bits per heavy atom. The molecule has 0 aliphatic carbocycles. The topological polar surface area (TPSA) is 84.0 Å². The van der Waals surface area contributed by atoms with E-state index in [1.165, 1.54) is 23.9 Å². The fraction of sp³-hybridized carbons (Fsp3) is 0.387. The fourth-order valence-corrected chi connectivity index (χ4v) is 5.20. The zero-order valence-corrected chi connectivity index (χ0v) is 22.7. The molecule has 8 nitrogen and oxygen atoms in total. The lowest BCUT2D eigenvalue weighted by atomic mass is 10.0. The minimum absolute atomic E-state index is 0.0204. The third-order valence-electron chi connectivity index (χ3n) is 7.58. The van der Waals surface area contributed by atoms with Crippen molar-refractivity contribution in [3.8, 4) is 11.5 Å². The first kappa shape index (κ1) is 27.6. The smallest absolute Gasteiger partial charge is 0.270 e. The summed E-state index contributed by atoms with van der Waals surface area (Å²) in [6.07, 6.45) is 4.59. The van der Waals surface area contributed by atoms with Crippen molar-refractivity contribution >= 4 is 11.8 Å². The molecule has 40 heavy (non-hydrogen) atoms. The number of hydrogen-bond donors (Lipinski definition) is 1. The Kier molecular flexibility index (Phi) is 8.91. The van der Waals surface area contributed by atoms with Crippen molar-refractivity contribution in [2.24, 2.45) is 0 Å². The number of carbonyl (C=O) groups excluding carboxylic acids is 2. The Labute approximate surface area is 234 Å². The SMILES string of the molecule is COc1ccc(CN2CCC(NC(=O)c3ccc(C(=O)N4CCC(Oc5ccc(F)cc5)CC4)cn3)CC2)cc1. The predicted molar refractivity (Wildman–Crippen MR) is 149 cm³/mol. The summed E-state index contributed by atoms with van der Waals surface area (Å²) in [6.45, 7) is 3.81. The maximum absolute atomic E-state index is 13.1. The van der Waals surface area contributed by atoms with Gasteiger partial charge >= 0.3 is 0 Å². The van der Waals surface area contributed by atoms with Crippen LogP contribution in [0.5, 0.6) is 11.5 Å². The number of nitrogens with one attached hydrogen (secondary N) is 1. The second-order valence-corrected chi connectivity index (χ2v) is 10.4. The van der Waals surface area contributed by atoms with Gasteiger partial charge in [0.2, 0.25) is 0 Å². The van der Waals surface area contributed by atoms with Gasteiger partial charge in [0.25, 0.3) is 11.8 Å². The van der Waals surface area contributed by atoms with Crippen LogP contribution in [-0.4, -0.2) is 72.0 Å². The molecule has 0 bridgehead atoms. The van der Waals surface area contributed by atoms with Crippen LogP contribution in [0.4, 0.5) is 4.39 Å². The first-order chi connectivity index (χ1) is 19.5. The maximum Gasteiger partial charge on any atom is 0.270 e. The highest BCUT2D eigenvalue weighted by Crippen LogP contribution is 2.21. The van der Waals surface area contributed by atoms with Crippen molar-refractivity contribution in [3.05, 3.63) is 89.5 Å². The molecule has 3 heterocycles. The molecule has 2 aliphatic rings. The van der Waals surface area contributed by atoms with E-state index in [1.54, 1.807) is 36.3 Å². The Morgan fingerprint density at radius 1 is 0.900 bits per heavy atom. The first-order valence-corrected chi connectivity index (χ1v) is 13.8. The summed E-state index contributed by atoms with van der Waals surface area (Å²) in [5, 5.41) is 3.10. The van der Waals surface area contributed by atoms with Crippen molar-refractivity contribution in [3.63, 3.8) is 0 Å². The average Bonchev–Trinajstić information content (AvgIpc) is 3.00. The van der Waals surface area contributed by atoms with Crippen LogP contribution in [0.25, 0.3) is 0 Å². The molecule has 2 saturated heterocycles. The van der Waals surface area contributed by atoms with E-state index in [-0.39, 0.29) is 29.8 Å². The van der Waals surface area contributed by atoms with Gasteiger partial charge < -0.3 is 19.7 Å². The molecule has 0 atom stereocenters. The highest BCUT2D eigenvalue weighted by molar-refractivity contribution is 5.96. The molecule has 9 heteroatoms. The number of nitrogens with zero attached hydrogens (tertiary/aromatic N) is 3. The van der Waals surface area contributed by atoms with Crippen LogP contribution in [-0.2, 0) is 6.54 Å². The zero-order chi connectivity index (χ0) is 27.9. The Bertz CT molecular complexity index is 1270. The number of benzene rings is 2. The predicted octanol–water partition coefficient (Wildman–Crippen LogP) is 4.31. The lowest BCUT2D eigenvalue weighted by Crippen LogP contribution is -2.44. The molecule has 2 fully saturated rings. The summed E-state index contributed by atoms with van der Waals surface area (Å²) in [5.74, 6) is 0.858. The van der Waals surface area contributed by atoms with E-state index in [0.29, 0.717) is 42.9 Å². The maximum atomic E-state index is 13.1. The van der Waals surface area contributed by atoms with Crippen LogP contribution >= 0.6 is 0 Å². The van der Waals surface area contributed by atoms with E-state index in [2.05, 4.69) is 27.3 Å². The number of piperidine rings is 2. The van der Waals surface area contributed by atoms with E-state index in [9.17, 15) is 14.0 Å². The molecule has 0 radical (unpaired) electrons. The molecule has 0 spiro atoms. The standard InChI is InChI=1S/C31H35FN4O4/c1-39-26-7-2-22(3-8-26)21-35-16-12-25(13-17-35)34-30(37)29-11-4-23(20-33-29)31(38)36-18-14-28(15-19-36)40-27-9-5-24(32)6-10-27/h2-11,20,25,28H,12-19,21H2,1H3,(H,34,37). The fourth-order valence-electron chi connectivity index (χ4n) is 5.20. The number of hydrogen-bond acceptors (Lipinski definition) is 6. The largest absolute Gasteiger partial charge is 0.497 e. The highest BCUT2D eigenvalue weighted by atomic mass is 19.1. The van der Waals surface area contributed by atoms with E-state index in [1.807, 2.05) is 12.1 Å². The van der Waals surface area contributed by atoms with Gasteiger partial charge in [0.15, 0.2) is 0 Å². The quantitative estimate of drug-likeness (QED) is 0.454. The molecule has 0 saturated carbocycles. The van der Waals surface area contributed by atoms with Crippen LogP contribution in [0.3, 0.4) is 0 Å². The van der Waals surface area contributed by atoms with Crippen LogP contribution < -0.4 is 14.8 Å². The molecule has 2 amide bonds. The zero-order valence-electron chi connectivity index (χ0n) is 22.7. The van der Waals surface area contributed by atoms with Gasteiger partial charge in [0.05, 0.1) is 12.7 Å². The second-order valence-electron chi connectivity index (χ2n) is 10.4. The lowest BCUT2D eigenvalue weighted by Gasteiger charge is -2.32. The summed E-state index contributed by atoms with van der Waals surface area (Å²) in [7, 11) is 1.66. The Balaban J connectivity index is 1.05. The first-order valence-electron chi connectivity index (χ1n) is 13.8. The molecular weight excluding hydrogens is 511 g/mol. The van der Waals surface area contributed by atoms with E-state index >= 15 is 0 Å². The van der Waals surface area contributed by atoms with Crippen LogP contribution in [0, 0.1) is 5.82 Å². The van der Waals surface area contributed by atoms with Crippen molar-refractivity contribution in [1.82, 2.24) is 20.1 Å². The molecule has 5 rings (SSSR count). The summed E-state index contributed by atoms with van der Waals surface area (Å²) < 4.78 is 24.2. The van der Waals surface area contributed by atoms with Gasteiger partial charge in [0.1, 0.15) is 29.1 Å². The van der Waals surface area contributed by atoms with E-state index in [0.717, 1.165) is 38.2 Å². The Hall–Kier alpha value is -3.98. The summed E-state index contributed by atoms with van der Waals surface area (Å²) in [6, 6.07) is 17.5. The highest BCUT2D eigenvalue weighted by Gasteiger charge is 2.26. The van der Waals surface area contributed by atoms with Crippen molar-refractivity contribution in [2.75, 3.05) is 33.3 Å². The monoisotopic (exact) mass is 546 g/mol. The number of rotatable bonds is 8. The number of amides is 2. The van der Waals surface area contributed by atoms with Crippen molar-refractivity contribution in [1.29, 1.82) is 0 Å². The molecule has 0 unspecified atom stereocenters. The molecule has 1 N–H and O–H groups in total. The number of carbonyl (C=O) groups is 2. The Morgan fingerprint density at radius 3 is 2.20 bits per heavy atom. The minimum Gasteiger partial charge on any atom is -0.497 e. The molecule has 1 aromatic heterocycles. The summed E-state index contributed by atoms with van der Waals surface area (Å²) in [4.78, 5) is 34.2. The van der Waals surface area contributed by atoms with Crippen LogP contribution in [0.2, 0.25) is 0 Å². The van der Waals surface area contributed by atoms with Crippen LogP contribution in [0.1, 0.15) is 52.1 Å². The summed E-state index contributed by atoms with van der Waals surface area (Å²) in [5.41, 5.74) is 2.01. The summed E-state index contributed by atoms with van der Waals surface area (Å²) >= 11 is 0. The number of pyridine rings is 1. The molecule has 2 aromatic carbocycles. The van der Waals surface area contributed by atoms with Gasteiger partial charge in [-0.25, -0.2) is 4.39 Å². The number of halogens is 1. The van der Waals surface area contributed by atoms with Gasteiger partial charge in [0, 0.05) is 57.8 Å². The number of methoxy groups -OCH3 is 1. The van der Waals surface area contributed by atoms with E-state index < -0.39 is 0 Å². The second kappa shape index (κ2) is 12.9. The molecule has 3 aromatic rings. The van der Waals surface area contributed by atoms with Crippen molar-refractivity contribution in [2.45, 2.75) is 44.4 Å². The molecule has 2 aliphatic heterocycles. The minimum atomic E-state index is -0.299. The number of ether oxygens (including phenoxy) is 2. The van der Waals surface area contributed by atoms with Gasteiger partial charge in [-0.1, -0.05) is 12.1 Å². The van der Waals surface area contributed by atoms with Gasteiger partial charge in [-0.15, -0.1) is 0 Å². The van der Waals surface area contributed by atoms with Gasteiger partial charge in [-0.3, -0.25) is 19.5 Å². The van der Waals surface area contributed by atoms with Gasteiger partial charge in [-0.05, 0) is 66.9 Å². The lowest BCUT2D eigenvalue weighted by molar-refractivity contribution is 0.0594. The normalized spacial score (nSPS) is 16.9. The third kappa shape index (κ3) is 7.15. The number of likely N-dealkylation sites (tertiary alicyclic amines) is 2. The van der Waals surface area contributed by atoms with Gasteiger partial charge in [-0.2, -0.15) is 0 Å².